The number of nitrogens with one attached hydrogen (secondary N) is 1. The molecule has 0 rings (SSSR count). The van der Waals surface area contributed by atoms with Crippen molar-refractivity contribution >= 4 is 11.9 Å². The lowest BCUT2D eigenvalue weighted by Crippen LogP contribution is -2.54. The highest BCUT2D eigenvalue weighted by atomic mass is 16.5. The number of nitrogens with two attached hydrogens (primary N) is 1. The van der Waals surface area contributed by atoms with Crippen LogP contribution < -0.4 is 11.1 Å². The predicted octanol–water partition coefficient (Wildman–Crippen LogP) is 0.674. The average molecular weight is 244 g/mol. The highest BCUT2D eigenvalue weighted by molar-refractivity contribution is 5.88. The van der Waals surface area contributed by atoms with Gasteiger partial charge in [0.1, 0.15) is 6.04 Å². The largest absolute Gasteiger partial charge is 0.467 e. The number of carbonyl (C=O) groups is 2. The molecule has 0 aromatic heterocycles. The van der Waals surface area contributed by atoms with Crippen LogP contribution in [0.3, 0.4) is 0 Å². The maximum absolute atomic E-state index is 11.9. The summed E-state index contributed by atoms with van der Waals surface area (Å²) in [6.45, 7) is 9.30. The molecule has 3 N–H and O–H groups in total. The molecule has 5 heteroatoms. The minimum absolute atomic E-state index is 0.0430. The molecular formula is C12H24N2O3. The van der Waals surface area contributed by atoms with Crippen LogP contribution in [0.25, 0.3) is 0 Å². The molecule has 100 valence electrons. The van der Waals surface area contributed by atoms with Gasteiger partial charge in [-0.3, -0.25) is 4.79 Å². The fraction of sp³-hybridized carbons (Fsp3) is 0.833. The van der Waals surface area contributed by atoms with E-state index in [2.05, 4.69) is 10.1 Å². The molecule has 17 heavy (non-hydrogen) atoms. The number of hydrogen-bond donors (Lipinski definition) is 2. The van der Waals surface area contributed by atoms with Crippen LogP contribution in [0.5, 0.6) is 0 Å². The molecular weight excluding hydrogens is 220 g/mol. The van der Waals surface area contributed by atoms with E-state index in [9.17, 15) is 9.59 Å². The minimum atomic E-state index is -0.659. The summed E-state index contributed by atoms with van der Waals surface area (Å²) in [6.07, 6.45) is 0. The van der Waals surface area contributed by atoms with Crippen molar-refractivity contribution in [3.63, 3.8) is 0 Å². The number of esters is 1. The van der Waals surface area contributed by atoms with Crippen LogP contribution in [0.15, 0.2) is 0 Å². The first kappa shape index (κ1) is 15.9. The quantitative estimate of drug-likeness (QED) is 0.712. The topological polar surface area (TPSA) is 81.4 Å². The number of amides is 1. The molecule has 0 saturated carbocycles. The van der Waals surface area contributed by atoms with Crippen molar-refractivity contribution in [1.29, 1.82) is 0 Å². The number of rotatable bonds is 4. The van der Waals surface area contributed by atoms with Crippen molar-refractivity contribution in [1.82, 2.24) is 5.32 Å². The molecule has 5 nitrogen and oxygen atoms in total. The maximum Gasteiger partial charge on any atom is 0.328 e. The molecule has 0 bridgehead atoms. The fourth-order valence-electron chi connectivity index (χ4n) is 1.26. The third kappa shape index (κ3) is 4.73. The predicted molar refractivity (Wildman–Crippen MR) is 66.2 cm³/mol. The van der Waals surface area contributed by atoms with Gasteiger partial charge in [-0.05, 0) is 11.3 Å². The Kier molecular flexibility index (Phi) is 5.61. The van der Waals surface area contributed by atoms with Gasteiger partial charge >= 0.3 is 5.97 Å². The van der Waals surface area contributed by atoms with Gasteiger partial charge in [-0.1, -0.05) is 34.6 Å². The second-order valence-corrected chi connectivity index (χ2v) is 5.60. The lowest BCUT2D eigenvalue weighted by Gasteiger charge is -2.28. The number of carbonyl (C=O) groups excluding carboxylic acids is 2. The van der Waals surface area contributed by atoms with E-state index in [1.165, 1.54) is 7.11 Å². The van der Waals surface area contributed by atoms with Crippen LogP contribution in [0.1, 0.15) is 34.6 Å². The monoisotopic (exact) mass is 244 g/mol. The first-order valence-electron chi connectivity index (χ1n) is 5.75. The Labute approximate surface area is 103 Å². The van der Waals surface area contributed by atoms with Crippen LogP contribution in [0.2, 0.25) is 0 Å². The van der Waals surface area contributed by atoms with Gasteiger partial charge < -0.3 is 15.8 Å². The summed E-state index contributed by atoms with van der Waals surface area (Å²) < 4.78 is 4.65. The van der Waals surface area contributed by atoms with Gasteiger partial charge in [-0.2, -0.15) is 0 Å². The maximum atomic E-state index is 11.9. The molecule has 0 aromatic carbocycles. The second-order valence-electron chi connectivity index (χ2n) is 5.60. The van der Waals surface area contributed by atoms with Gasteiger partial charge in [0.05, 0.1) is 13.2 Å². The third-order valence-electron chi connectivity index (χ3n) is 2.64. The lowest BCUT2D eigenvalue weighted by molar-refractivity contribution is -0.146. The smallest absolute Gasteiger partial charge is 0.328 e. The minimum Gasteiger partial charge on any atom is -0.467 e. The molecule has 2 atom stereocenters. The summed E-state index contributed by atoms with van der Waals surface area (Å²) in [5, 5.41) is 2.63. The summed E-state index contributed by atoms with van der Waals surface area (Å²) >= 11 is 0. The molecule has 1 unspecified atom stereocenters. The summed E-state index contributed by atoms with van der Waals surface area (Å²) in [4.78, 5) is 23.4. The van der Waals surface area contributed by atoms with Gasteiger partial charge in [0.2, 0.25) is 5.91 Å². The van der Waals surface area contributed by atoms with Gasteiger partial charge in [0.15, 0.2) is 0 Å². The van der Waals surface area contributed by atoms with Gasteiger partial charge in [-0.15, -0.1) is 0 Å². The van der Waals surface area contributed by atoms with E-state index >= 15 is 0 Å². The van der Waals surface area contributed by atoms with Crippen LogP contribution in [-0.4, -0.2) is 31.1 Å². The van der Waals surface area contributed by atoms with Gasteiger partial charge in [-0.25, -0.2) is 4.79 Å². The summed E-state index contributed by atoms with van der Waals surface area (Å²) in [5.74, 6) is -0.824. The van der Waals surface area contributed by atoms with Crippen LogP contribution in [0.4, 0.5) is 0 Å². The Hall–Kier alpha value is -1.10. The van der Waals surface area contributed by atoms with Crippen LogP contribution >= 0.6 is 0 Å². The standard InChI is InChI=1S/C12H24N2O3/c1-7(2)8(11(16)17-6)14-10(15)9(13)12(3,4)5/h7-9H,13H2,1-6H3,(H,14,15)/t8?,9-/m1/s1. The van der Waals surface area contributed by atoms with E-state index < -0.39 is 18.1 Å². The van der Waals surface area contributed by atoms with E-state index in [1.54, 1.807) is 0 Å². The van der Waals surface area contributed by atoms with E-state index in [1.807, 2.05) is 34.6 Å². The van der Waals surface area contributed by atoms with Crippen molar-refractivity contribution in [2.24, 2.45) is 17.1 Å². The molecule has 0 aromatic rings. The van der Waals surface area contributed by atoms with Crippen molar-refractivity contribution in [3.05, 3.63) is 0 Å². The Morgan fingerprint density at radius 3 is 2.00 bits per heavy atom. The van der Waals surface area contributed by atoms with E-state index in [-0.39, 0.29) is 17.2 Å². The first-order chi connectivity index (χ1) is 7.61. The van der Waals surface area contributed by atoms with E-state index in [0.717, 1.165) is 0 Å². The number of hydrogen-bond acceptors (Lipinski definition) is 4. The highest BCUT2D eigenvalue weighted by Crippen LogP contribution is 2.17. The Morgan fingerprint density at radius 2 is 1.71 bits per heavy atom. The molecule has 0 aliphatic rings. The van der Waals surface area contributed by atoms with Crippen LogP contribution in [-0.2, 0) is 14.3 Å². The molecule has 0 aliphatic carbocycles. The first-order valence-corrected chi connectivity index (χ1v) is 5.75. The lowest BCUT2D eigenvalue weighted by atomic mass is 9.86. The van der Waals surface area contributed by atoms with Gasteiger partial charge in [0.25, 0.3) is 0 Å². The summed E-state index contributed by atoms with van der Waals surface area (Å²) in [7, 11) is 1.30. The van der Waals surface area contributed by atoms with Crippen molar-refractivity contribution in [2.75, 3.05) is 7.11 Å². The number of methoxy groups -OCH3 is 1. The molecule has 0 spiro atoms. The molecule has 0 fully saturated rings. The SMILES string of the molecule is COC(=O)C(NC(=O)[C@@H](N)C(C)(C)C)C(C)C. The van der Waals surface area contributed by atoms with E-state index in [0.29, 0.717) is 0 Å². The van der Waals surface area contributed by atoms with Crippen molar-refractivity contribution in [3.8, 4) is 0 Å². The highest BCUT2D eigenvalue weighted by Gasteiger charge is 2.32. The van der Waals surface area contributed by atoms with Crippen molar-refractivity contribution < 1.29 is 14.3 Å². The fourth-order valence-corrected chi connectivity index (χ4v) is 1.26. The number of ether oxygens (including phenoxy) is 1. The van der Waals surface area contributed by atoms with E-state index in [4.69, 9.17) is 5.73 Å². The van der Waals surface area contributed by atoms with Crippen molar-refractivity contribution in [2.45, 2.75) is 46.7 Å². The second kappa shape index (κ2) is 6.00. The molecule has 0 radical (unpaired) electrons. The van der Waals surface area contributed by atoms with Gasteiger partial charge in [0, 0.05) is 0 Å². The third-order valence-corrected chi connectivity index (χ3v) is 2.64. The Balaban J connectivity index is 4.68. The normalized spacial score (nSPS) is 15.3. The zero-order valence-electron chi connectivity index (χ0n) is 11.5. The summed E-state index contributed by atoms with van der Waals surface area (Å²) in [6, 6.07) is -1.31. The summed E-state index contributed by atoms with van der Waals surface area (Å²) in [5.41, 5.74) is 5.47. The molecule has 0 heterocycles. The zero-order valence-corrected chi connectivity index (χ0v) is 11.5. The average Bonchev–Trinajstić information content (AvgIpc) is 2.21. The molecule has 0 saturated heterocycles. The van der Waals surface area contributed by atoms with Crippen LogP contribution in [0, 0.1) is 11.3 Å². The molecule has 1 amide bonds. The Morgan fingerprint density at radius 1 is 1.24 bits per heavy atom. The Bertz CT molecular complexity index is 282. The zero-order chi connectivity index (χ0) is 13.8. The molecule has 0 aliphatic heterocycles.